The number of halogens is 3. The lowest BCUT2D eigenvalue weighted by Gasteiger charge is -2.20. The van der Waals surface area contributed by atoms with Crippen LogP contribution in [0.1, 0.15) is 19.8 Å². The number of hydrogen-bond donors (Lipinski definition) is 2. The van der Waals surface area contributed by atoms with Gasteiger partial charge in [0.05, 0.1) is 18.0 Å². The van der Waals surface area contributed by atoms with E-state index >= 15 is 0 Å². The molecule has 0 saturated carbocycles. The summed E-state index contributed by atoms with van der Waals surface area (Å²) >= 11 is 0. The Bertz CT molecular complexity index is 767. The van der Waals surface area contributed by atoms with Crippen LogP contribution in [0.2, 0.25) is 0 Å². The van der Waals surface area contributed by atoms with E-state index < -0.39 is 20.2 Å². The van der Waals surface area contributed by atoms with Crippen LogP contribution in [-0.4, -0.2) is 63.6 Å². The van der Waals surface area contributed by atoms with Crippen LogP contribution in [0, 0.1) is 0 Å². The molecule has 1 saturated heterocycles. The average Bonchev–Trinajstić information content (AvgIpc) is 3.10. The summed E-state index contributed by atoms with van der Waals surface area (Å²) in [4.78, 5) is 5.86. The van der Waals surface area contributed by atoms with Gasteiger partial charge in [0, 0.05) is 6.04 Å². The van der Waals surface area contributed by atoms with Gasteiger partial charge in [-0.15, -0.1) is 0 Å². The molecule has 0 amide bonds. The predicted octanol–water partition coefficient (Wildman–Crippen LogP) is 1.75. The number of nitrogens with zero attached hydrogens (tertiary/aromatic N) is 2. The minimum absolute atomic E-state index is 0.187. The molecule has 1 unspecified atom stereocenters. The molecule has 1 atom stereocenters. The van der Waals surface area contributed by atoms with Crippen LogP contribution in [0.4, 0.5) is 13.2 Å². The number of hydrogen-bond acceptors (Lipinski definition) is 5. The van der Waals surface area contributed by atoms with Gasteiger partial charge in [0.2, 0.25) is 0 Å². The van der Waals surface area contributed by atoms with Crippen molar-refractivity contribution >= 4 is 15.8 Å². The van der Waals surface area contributed by atoms with Gasteiger partial charge in [-0.2, -0.15) is 13.2 Å². The van der Waals surface area contributed by atoms with E-state index in [2.05, 4.69) is 22.1 Å². The van der Waals surface area contributed by atoms with E-state index in [1.54, 1.807) is 0 Å². The summed E-state index contributed by atoms with van der Waals surface area (Å²) in [5.41, 5.74) is 0.488. The molecule has 3 N–H and O–H groups in total. The maximum atomic E-state index is 12.5. The molecule has 0 spiro atoms. The minimum Gasteiger partial charge on any atom is -0.492 e. The summed E-state index contributed by atoms with van der Waals surface area (Å²) in [6, 6.07) is 4.49. The van der Waals surface area contributed by atoms with Gasteiger partial charge in [0.1, 0.15) is 12.4 Å². The first kappa shape index (κ1) is 22.3. The van der Waals surface area contributed by atoms with Gasteiger partial charge in [-0.25, -0.2) is 8.42 Å². The number of nitrogens with one attached hydrogen (secondary N) is 1. The number of nitrogens with two attached hydrogens (primary N) is 1. The third-order valence-corrected chi connectivity index (χ3v) is 6.00. The van der Waals surface area contributed by atoms with Crippen molar-refractivity contribution in [3.05, 3.63) is 24.3 Å². The minimum atomic E-state index is -5.35. The molecule has 28 heavy (non-hydrogen) atoms. The molecule has 0 bridgehead atoms. The fourth-order valence-corrected chi connectivity index (χ4v) is 3.74. The largest absolute Gasteiger partial charge is 0.501 e. The quantitative estimate of drug-likeness (QED) is 0.376. The van der Waals surface area contributed by atoms with Crippen LogP contribution in [0.15, 0.2) is 34.2 Å². The van der Waals surface area contributed by atoms with Crippen molar-refractivity contribution in [3.8, 4) is 5.75 Å². The number of benzene rings is 1. The van der Waals surface area contributed by atoms with E-state index in [-0.39, 0.29) is 12.4 Å². The summed E-state index contributed by atoms with van der Waals surface area (Å²) < 4.78 is 65.4. The van der Waals surface area contributed by atoms with Crippen molar-refractivity contribution in [2.75, 3.05) is 32.8 Å². The van der Waals surface area contributed by atoms with Crippen molar-refractivity contribution < 1.29 is 26.3 Å². The maximum Gasteiger partial charge on any atom is 0.501 e. The molecule has 11 heteroatoms. The normalized spacial score (nSPS) is 19.0. The summed E-state index contributed by atoms with van der Waals surface area (Å²) in [6.07, 6.45) is 2.27. The second-order valence-corrected chi connectivity index (χ2v) is 8.29. The molecule has 1 aliphatic rings. The number of likely N-dealkylation sites (N-methyl/N-ethyl adjacent to an activating group) is 1. The lowest BCUT2D eigenvalue weighted by molar-refractivity contribution is -0.0436. The van der Waals surface area contributed by atoms with E-state index in [0.717, 1.165) is 38.1 Å². The maximum absolute atomic E-state index is 12.5. The van der Waals surface area contributed by atoms with Gasteiger partial charge in [-0.1, -0.05) is 6.92 Å². The molecule has 2 rings (SSSR count). The molecule has 1 heterocycles. The fourth-order valence-electron chi connectivity index (χ4n) is 2.97. The molecule has 158 valence electrons. The molecule has 0 aromatic heterocycles. The molecule has 1 aromatic rings. The lowest BCUT2D eigenvalue weighted by Crippen LogP contribution is -2.37. The van der Waals surface area contributed by atoms with Crippen molar-refractivity contribution in [2.24, 2.45) is 10.7 Å². The van der Waals surface area contributed by atoms with Gasteiger partial charge in [-0.3, -0.25) is 9.89 Å². The van der Waals surface area contributed by atoms with E-state index in [4.69, 9.17) is 10.5 Å². The van der Waals surface area contributed by atoms with Crippen LogP contribution >= 0.6 is 0 Å². The molecular weight excluding hydrogens is 397 g/mol. The third kappa shape index (κ3) is 5.74. The summed E-state index contributed by atoms with van der Waals surface area (Å²) in [7, 11) is -5.35. The summed E-state index contributed by atoms with van der Waals surface area (Å²) in [5.74, 6) is 0.557. The monoisotopic (exact) mass is 422 g/mol. The Hall–Kier alpha value is -2.01. The SMILES string of the molecule is CCN1CCCC1CN=C(N)NCCOc1ccc(S(=O)(=O)C(F)(F)F)cc1. The van der Waals surface area contributed by atoms with Crippen LogP contribution < -0.4 is 15.8 Å². The number of ether oxygens (including phenoxy) is 1. The first-order valence-electron chi connectivity index (χ1n) is 8.97. The van der Waals surface area contributed by atoms with Crippen molar-refractivity contribution in [2.45, 2.75) is 36.2 Å². The predicted molar refractivity (Wildman–Crippen MR) is 99.9 cm³/mol. The molecule has 1 aliphatic heterocycles. The van der Waals surface area contributed by atoms with E-state index in [9.17, 15) is 21.6 Å². The Balaban J connectivity index is 1.75. The van der Waals surface area contributed by atoms with Crippen molar-refractivity contribution in [3.63, 3.8) is 0 Å². The molecule has 1 aromatic carbocycles. The Labute approximate surface area is 162 Å². The number of sulfone groups is 1. The summed E-state index contributed by atoms with van der Waals surface area (Å²) in [6.45, 7) is 5.35. The molecular formula is C17H25F3N4O3S. The number of likely N-dealkylation sites (tertiary alicyclic amines) is 1. The molecule has 1 fully saturated rings. The van der Waals surface area contributed by atoms with Crippen LogP contribution in [0.5, 0.6) is 5.75 Å². The highest BCUT2D eigenvalue weighted by Gasteiger charge is 2.46. The highest BCUT2D eigenvalue weighted by molar-refractivity contribution is 7.92. The number of rotatable bonds is 8. The second kappa shape index (κ2) is 9.46. The third-order valence-electron chi connectivity index (χ3n) is 4.49. The van der Waals surface area contributed by atoms with E-state index in [1.807, 2.05) is 0 Å². The first-order valence-corrected chi connectivity index (χ1v) is 10.5. The van der Waals surface area contributed by atoms with Gasteiger partial charge < -0.3 is 15.8 Å². The number of guanidine groups is 1. The molecule has 7 nitrogen and oxygen atoms in total. The number of aliphatic imine (C=N–C) groups is 1. The molecule has 0 radical (unpaired) electrons. The smallest absolute Gasteiger partial charge is 0.492 e. The highest BCUT2D eigenvalue weighted by atomic mass is 32.2. The second-order valence-electron chi connectivity index (χ2n) is 6.35. The molecule has 0 aliphatic carbocycles. The zero-order chi connectivity index (χ0) is 20.8. The van der Waals surface area contributed by atoms with Crippen LogP contribution in [0.25, 0.3) is 0 Å². The standard InChI is InChI=1S/C17H25F3N4O3S/c1-2-24-10-3-4-13(24)12-23-16(21)22-9-11-27-14-5-7-15(8-6-14)28(25,26)17(18,19)20/h5-8,13H,2-4,9-12H2,1H3,(H3,21,22,23). The fraction of sp³-hybridized carbons (Fsp3) is 0.588. The Morgan fingerprint density at radius 1 is 1.36 bits per heavy atom. The van der Waals surface area contributed by atoms with Gasteiger partial charge in [0.15, 0.2) is 5.96 Å². The Morgan fingerprint density at radius 2 is 2.04 bits per heavy atom. The van der Waals surface area contributed by atoms with Gasteiger partial charge in [0.25, 0.3) is 9.84 Å². The summed E-state index contributed by atoms with van der Waals surface area (Å²) in [5, 5.41) is 2.90. The van der Waals surface area contributed by atoms with Crippen LogP contribution in [0.3, 0.4) is 0 Å². The Kier molecular flexibility index (Phi) is 7.53. The first-order chi connectivity index (χ1) is 13.1. The lowest BCUT2D eigenvalue weighted by atomic mass is 10.2. The Morgan fingerprint density at radius 3 is 2.64 bits per heavy atom. The van der Waals surface area contributed by atoms with Gasteiger partial charge in [-0.05, 0) is 50.2 Å². The van der Waals surface area contributed by atoms with E-state index in [1.165, 1.54) is 12.1 Å². The van der Waals surface area contributed by atoms with Crippen molar-refractivity contribution in [1.29, 1.82) is 0 Å². The zero-order valence-corrected chi connectivity index (χ0v) is 16.4. The zero-order valence-electron chi connectivity index (χ0n) is 15.6. The average molecular weight is 422 g/mol. The topological polar surface area (TPSA) is 97.0 Å². The van der Waals surface area contributed by atoms with Crippen molar-refractivity contribution in [1.82, 2.24) is 10.2 Å². The van der Waals surface area contributed by atoms with E-state index in [0.29, 0.717) is 25.1 Å². The van der Waals surface area contributed by atoms with Gasteiger partial charge >= 0.3 is 5.51 Å². The highest BCUT2D eigenvalue weighted by Crippen LogP contribution is 2.30. The number of alkyl halides is 3. The van der Waals surface area contributed by atoms with Crippen LogP contribution in [-0.2, 0) is 9.84 Å².